The van der Waals surface area contributed by atoms with Crippen LogP contribution in [0.5, 0.6) is 5.75 Å². The van der Waals surface area contributed by atoms with E-state index in [9.17, 15) is 0 Å². The maximum atomic E-state index is 6.26. The van der Waals surface area contributed by atoms with Crippen molar-refractivity contribution in [1.82, 2.24) is 15.1 Å². The molecule has 0 radical (unpaired) electrons. The Morgan fingerprint density at radius 3 is 2.76 bits per heavy atom. The first-order chi connectivity index (χ1) is 10.2. The van der Waals surface area contributed by atoms with E-state index in [1.54, 1.807) is 0 Å². The minimum Gasteiger partial charge on any atom is -0.494 e. The molecule has 0 aliphatic rings. The van der Waals surface area contributed by atoms with Gasteiger partial charge in [0.1, 0.15) is 5.75 Å². The Kier molecular flexibility index (Phi) is 6.08. The molecule has 0 aliphatic heterocycles. The van der Waals surface area contributed by atoms with Crippen LogP contribution in [-0.4, -0.2) is 22.9 Å². The number of rotatable bonds is 8. The maximum Gasteiger partial charge on any atom is 0.119 e. The molecule has 1 heterocycles. The average molecular weight is 308 g/mol. The molecule has 0 bridgehead atoms. The van der Waals surface area contributed by atoms with E-state index in [-0.39, 0.29) is 0 Å². The normalized spacial score (nSPS) is 10.8. The lowest BCUT2D eigenvalue weighted by molar-refractivity contribution is 0.307. The summed E-state index contributed by atoms with van der Waals surface area (Å²) in [6.45, 7) is 7.17. The number of nitrogens with zero attached hydrogens (tertiary/aromatic N) is 2. The van der Waals surface area contributed by atoms with Crippen LogP contribution in [0.2, 0.25) is 5.02 Å². The third-order valence-corrected chi connectivity index (χ3v) is 3.75. The number of halogens is 1. The van der Waals surface area contributed by atoms with Gasteiger partial charge in [-0.15, -0.1) is 0 Å². The van der Waals surface area contributed by atoms with Crippen molar-refractivity contribution in [3.8, 4) is 5.75 Å². The molecule has 0 spiro atoms. The summed E-state index contributed by atoms with van der Waals surface area (Å²) in [6, 6.07) is 9.87. The van der Waals surface area contributed by atoms with Crippen molar-refractivity contribution in [2.24, 2.45) is 0 Å². The van der Waals surface area contributed by atoms with Gasteiger partial charge in [0.25, 0.3) is 0 Å². The zero-order valence-corrected chi connectivity index (χ0v) is 13.4. The first-order valence-corrected chi connectivity index (χ1v) is 7.70. The fourth-order valence-electron chi connectivity index (χ4n) is 2.15. The molecular formula is C16H22ClN3O. The molecule has 1 aromatic carbocycles. The summed E-state index contributed by atoms with van der Waals surface area (Å²) < 4.78 is 7.60. The zero-order chi connectivity index (χ0) is 15.1. The lowest BCUT2D eigenvalue weighted by Gasteiger charge is -2.08. The van der Waals surface area contributed by atoms with Gasteiger partial charge in [-0.05, 0) is 38.9 Å². The molecule has 0 aliphatic carbocycles. The van der Waals surface area contributed by atoms with Crippen LogP contribution in [0.15, 0.2) is 30.3 Å². The number of ether oxygens (including phenoxy) is 1. The second-order valence-electron chi connectivity index (χ2n) is 4.85. The number of hydrogen-bond acceptors (Lipinski definition) is 3. The van der Waals surface area contributed by atoms with Crippen LogP contribution < -0.4 is 10.1 Å². The highest BCUT2D eigenvalue weighted by Crippen LogP contribution is 2.19. The molecule has 2 aromatic rings. The van der Waals surface area contributed by atoms with Crippen LogP contribution in [-0.2, 0) is 13.1 Å². The molecule has 0 unspecified atom stereocenters. The number of benzene rings is 1. The molecule has 0 saturated heterocycles. The molecular weight excluding hydrogens is 286 g/mol. The average Bonchev–Trinajstić information content (AvgIpc) is 2.79. The van der Waals surface area contributed by atoms with Crippen LogP contribution in [0.25, 0.3) is 0 Å². The molecule has 0 saturated carbocycles. The highest BCUT2D eigenvalue weighted by molar-refractivity contribution is 6.31. The first kappa shape index (κ1) is 15.9. The lowest BCUT2D eigenvalue weighted by Crippen LogP contribution is -2.19. The Hall–Kier alpha value is -1.52. The van der Waals surface area contributed by atoms with E-state index in [1.165, 1.54) is 0 Å². The molecule has 5 heteroatoms. The van der Waals surface area contributed by atoms with E-state index in [0.29, 0.717) is 6.61 Å². The van der Waals surface area contributed by atoms with Crippen molar-refractivity contribution < 1.29 is 4.74 Å². The minimum atomic E-state index is 0.705. The fraction of sp³-hybridized carbons (Fsp3) is 0.438. The van der Waals surface area contributed by atoms with E-state index in [4.69, 9.17) is 16.3 Å². The summed E-state index contributed by atoms with van der Waals surface area (Å²) in [5, 5.41) is 8.56. The number of nitrogens with one attached hydrogen (secondary N) is 1. The van der Waals surface area contributed by atoms with E-state index in [2.05, 4.69) is 17.3 Å². The highest BCUT2D eigenvalue weighted by Gasteiger charge is 2.11. The highest BCUT2D eigenvalue weighted by atomic mass is 35.5. The van der Waals surface area contributed by atoms with Gasteiger partial charge in [-0.2, -0.15) is 5.10 Å². The summed E-state index contributed by atoms with van der Waals surface area (Å²) in [7, 11) is 0. The largest absolute Gasteiger partial charge is 0.494 e. The van der Waals surface area contributed by atoms with E-state index in [0.717, 1.165) is 48.2 Å². The predicted octanol–water partition coefficient (Wildman–Crippen LogP) is 3.42. The van der Waals surface area contributed by atoms with E-state index < -0.39 is 0 Å². The number of aryl methyl sites for hydroxylation is 2. The Bertz CT molecular complexity index is 554. The number of hydrogen-bond donors (Lipinski definition) is 1. The van der Waals surface area contributed by atoms with Crippen LogP contribution >= 0.6 is 11.6 Å². The Labute approximate surface area is 131 Å². The van der Waals surface area contributed by atoms with E-state index >= 15 is 0 Å². The summed E-state index contributed by atoms with van der Waals surface area (Å²) in [5.74, 6) is 0.917. The molecule has 21 heavy (non-hydrogen) atoms. The molecule has 0 amide bonds. The minimum absolute atomic E-state index is 0.705. The van der Waals surface area contributed by atoms with Crippen LogP contribution in [0.1, 0.15) is 24.7 Å². The van der Waals surface area contributed by atoms with Crippen molar-refractivity contribution in [1.29, 1.82) is 0 Å². The fourth-order valence-corrected chi connectivity index (χ4v) is 2.35. The van der Waals surface area contributed by atoms with Crippen molar-refractivity contribution >= 4 is 11.6 Å². The molecule has 0 atom stereocenters. The number of aromatic nitrogens is 2. The second kappa shape index (κ2) is 8.05. The monoisotopic (exact) mass is 307 g/mol. The molecule has 1 aromatic heterocycles. The smallest absolute Gasteiger partial charge is 0.119 e. The Balaban J connectivity index is 1.68. The molecule has 114 valence electrons. The van der Waals surface area contributed by atoms with Crippen molar-refractivity contribution in [3.63, 3.8) is 0 Å². The predicted molar refractivity (Wildman–Crippen MR) is 85.9 cm³/mol. The maximum absolute atomic E-state index is 6.26. The third kappa shape index (κ3) is 4.48. The third-order valence-electron chi connectivity index (χ3n) is 3.26. The Morgan fingerprint density at radius 1 is 1.29 bits per heavy atom. The van der Waals surface area contributed by atoms with Gasteiger partial charge in [-0.3, -0.25) is 4.68 Å². The van der Waals surface area contributed by atoms with Crippen LogP contribution in [0, 0.1) is 6.92 Å². The van der Waals surface area contributed by atoms with Gasteiger partial charge >= 0.3 is 0 Å². The molecule has 0 fully saturated rings. The summed E-state index contributed by atoms with van der Waals surface area (Å²) in [6.07, 6.45) is 0.950. The van der Waals surface area contributed by atoms with Crippen molar-refractivity contribution in [2.45, 2.75) is 33.4 Å². The summed E-state index contributed by atoms with van der Waals surface area (Å²) >= 11 is 6.26. The summed E-state index contributed by atoms with van der Waals surface area (Å²) in [5.41, 5.74) is 1.95. The van der Waals surface area contributed by atoms with Gasteiger partial charge in [-0.25, -0.2) is 0 Å². The standard InChI is InChI=1S/C16H22ClN3O/c1-3-20-15(16(17)13(2)19-20)12-18-10-7-11-21-14-8-5-4-6-9-14/h4-6,8-9,18H,3,7,10-12H2,1-2H3. The zero-order valence-electron chi connectivity index (χ0n) is 12.6. The number of para-hydroxylation sites is 1. The summed E-state index contributed by atoms with van der Waals surface area (Å²) in [4.78, 5) is 0. The lowest BCUT2D eigenvalue weighted by atomic mass is 10.3. The van der Waals surface area contributed by atoms with Gasteiger partial charge in [0, 0.05) is 13.1 Å². The molecule has 2 rings (SSSR count). The molecule has 4 nitrogen and oxygen atoms in total. The first-order valence-electron chi connectivity index (χ1n) is 7.32. The van der Waals surface area contributed by atoms with Crippen LogP contribution in [0.4, 0.5) is 0 Å². The molecule has 1 N–H and O–H groups in total. The Morgan fingerprint density at radius 2 is 2.05 bits per heavy atom. The van der Waals surface area contributed by atoms with Gasteiger partial charge in [0.2, 0.25) is 0 Å². The van der Waals surface area contributed by atoms with Crippen molar-refractivity contribution in [2.75, 3.05) is 13.2 Å². The SMILES string of the molecule is CCn1nc(C)c(Cl)c1CNCCCOc1ccccc1. The van der Waals surface area contributed by atoms with Crippen molar-refractivity contribution in [3.05, 3.63) is 46.7 Å². The van der Waals surface area contributed by atoms with Gasteiger partial charge < -0.3 is 10.1 Å². The van der Waals surface area contributed by atoms with Crippen LogP contribution in [0.3, 0.4) is 0 Å². The van der Waals surface area contributed by atoms with Gasteiger partial charge in [0.05, 0.1) is 23.0 Å². The second-order valence-corrected chi connectivity index (χ2v) is 5.23. The topological polar surface area (TPSA) is 39.1 Å². The van der Waals surface area contributed by atoms with Gasteiger partial charge in [0.15, 0.2) is 0 Å². The van der Waals surface area contributed by atoms with E-state index in [1.807, 2.05) is 41.9 Å². The van der Waals surface area contributed by atoms with Gasteiger partial charge in [-0.1, -0.05) is 29.8 Å². The quantitative estimate of drug-likeness (QED) is 0.760.